The summed E-state index contributed by atoms with van der Waals surface area (Å²) in [5.74, 6) is 0.150. The Bertz CT molecular complexity index is 1360. The lowest BCUT2D eigenvalue weighted by atomic mass is 9.90. The number of benzene rings is 3. The van der Waals surface area contributed by atoms with E-state index >= 15 is 0 Å². The van der Waals surface area contributed by atoms with Crippen LogP contribution in [0.4, 0.5) is 0 Å². The van der Waals surface area contributed by atoms with Crippen molar-refractivity contribution in [3.63, 3.8) is 0 Å². The van der Waals surface area contributed by atoms with Crippen molar-refractivity contribution in [1.82, 2.24) is 0 Å². The summed E-state index contributed by atoms with van der Waals surface area (Å²) in [6.07, 6.45) is -6.36. The highest BCUT2D eigenvalue weighted by Gasteiger charge is 2.46. The minimum absolute atomic E-state index is 0.0190. The molecule has 4 N–H and O–H groups in total. The average molecular weight is 577 g/mol. The normalized spacial score (nSPS) is 23.5. The Morgan fingerprint density at radius 3 is 2.36 bits per heavy atom. The highest BCUT2D eigenvalue weighted by molar-refractivity contribution is 7.91. The van der Waals surface area contributed by atoms with E-state index in [2.05, 4.69) is 0 Å². The summed E-state index contributed by atoms with van der Waals surface area (Å²) in [5, 5.41) is 41.7. The van der Waals surface area contributed by atoms with Crippen LogP contribution in [0, 0.1) is 0 Å². The zero-order chi connectivity index (χ0) is 28.2. The second kappa shape index (κ2) is 12.8. The van der Waals surface area contributed by atoms with Gasteiger partial charge in [-0.3, -0.25) is 0 Å². The molecule has 0 unspecified atom stereocenters. The van der Waals surface area contributed by atoms with Crippen molar-refractivity contribution >= 4 is 21.4 Å². The van der Waals surface area contributed by atoms with Crippen LogP contribution in [0.3, 0.4) is 0 Å². The van der Waals surface area contributed by atoms with E-state index in [4.69, 9.17) is 21.1 Å². The largest absolute Gasteiger partial charge is 0.494 e. The van der Waals surface area contributed by atoms with Crippen molar-refractivity contribution in [3.8, 4) is 5.75 Å². The lowest BCUT2D eigenvalue weighted by Gasteiger charge is -2.41. The number of hydrogen-bond donors (Lipinski definition) is 4. The van der Waals surface area contributed by atoms with Gasteiger partial charge in [-0.25, -0.2) is 8.42 Å². The van der Waals surface area contributed by atoms with Gasteiger partial charge in [-0.1, -0.05) is 48.0 Å². The highest BCUT2D eigenvalue weighted by atomic mass is 35.5. The van der Waals surface area contributed by atoms with Crippen LogP contribution < -0.4 is 4.74 Å². The van der Waals surface area contributed by atoms with Crippen molar-refractivity contribution in [1.29, 1.82) is 0 Å². The second-order valence-electron chi connectivity index (χ2n) is 9.57. The quantitative estimate of drug-likeness (QED) is 0.289. The van der Waals surface area contributed by atoms with E-state index in [9.17, 15) is 28.8 Å². The zero-order valence-electron chi connectivity index (χ0n) is 21.5. The van der Waals surface area contributed by atoms with Gasteiger partial charge < -0.3 is 29.9 Å². The fourth-order valence-electron chi connectivity index (χ4n) is 4.70. The molecule has 0 bridgehead atoms. The number of aliphatic hydroxyl groups excluding tert-OH is 4. The molecule has 1 heterocycles. The van der Waals surface area contributed by atoms with E-state index in [0.717, 1.165) is 16.9 Å². The SMILES string of the molecule is CCOc1ccc(Cc2cc([C@@H]3O[C@H](CS(=O)(=O)c4cccc(CCO)c4)[C@@H](O)[C@H](O)[C@H]3O)ccc2Cl)cc1. The van der Waals surface area contributed by atoms with Crippen molar-refractivity contribution in [2.24, 2.45) is 0 Å². The molecule has 1 aliphatic heterocycles. The number of aliphatic hydroxyl groups is 4. The third-order valence-corrected chi connectivity index (χ3v) is 8.89. The Kier molecular flexibility index (Phi) is 9.66. The molecule has 0 saturated carbocycles. The molecule has 0 aliphatic carbocycles. The predicted molar refractivity (Wildman–Crippen MR) is 147 cm³/mol. The van der Waals surface area contributed by atoms with E-state index in [0.29, 0.717) is 35.6 Å². The molecule has 5 atom stereocenters. The fraction of sp³-hybridized carbons (Fsp3) is 0.379. The maximum Gasteiger partial charge on any atom is 0.181 e. The summed E-state index contributed by atoms with van der Waals surface area (Å²) >= 11 is 6.46. The van der Waals surface area contributed by atoms with Crippen LogP contribution in [0.1, 0.15) is 35.3 Å². The first-order valence-corrected chi connectivity index (χ1v) is 14.8. The maximum absolute atomic E-state index is 13.2. The summed E-state index contributed by atoms with van der Waals surface area (Å²) in [5.41, 5.74) is 2.87. The molecule has 1 saturated heterocycles. The molecule has 0 spiro atoms. The van der Waals surface area contributed by atoms with Crippen LogP contribution in [0.5, 0.6) is 5.75 Å². The first kappa shape index (κ1) is 29.5. The van der Waals surface area contributed by atoms with Crippen LogP contribution >= 0.6 is 11.6 Å². The van der Waals surface area contributed by atoms with Gasteiger partial charge in [0.1, 0.15) is 36.3 Å². The summed E-state index contributed by atoms with van der Waals surface area (Å²) < 4.78 is 37.8. The van der Waals surface area contributed by atoms with Gasteiger partial charge in [0.2, 0.25) is 0 Å². The van der Waals surface area contributed by atoms with Gasteiger partial charge in [0.15, 0.2) is 9.84 Å². The van der Waals surface area contributed by atoms with E-state index < -0.39 is 46.1 Å². The summed E-state index contributed by atoms with van der Waals surface area (Å²) in [6.45, 7) is 2.35. The van der Waals surface area contributed by atoms with Gasteiger partial charge in [0.25, 0.3) is 0 Å². The maximum atomic E-state index is 13.2. The molecule has 0 aromatic heterocycles. The fourth-order valence-corrected chi connectivity index (χ4v) is 6.40. The summed E-state index contributed by atoms with van der Waals surface area (Å²) in [4.78, 5) is 0.0190. The van der Waals surface area contributed by atoms with Crippen molar-refractivity contribution in [2.45, 2.75) is 55.2 Å². The molecule has 10 heteroatoms. The molecular formula is C29H33ClO8S. The Balaban J connectivity index is 1.56. The molecular weight excluding hydrogens is 544 g/mol. The average Bonchev–Trinajstić information content (AvgIpc) is 2.92. The Hall–Kier alpha value is -2.50. The van der Waals surface area contributed by atoms with E-state index in [1.54, 1.807) is 30.3 Å². The molecule has 3 aromatic carbocycles. The third kappa shape index (κ3) is 6.99. The molecule has 210 valence electrons. The second-order valence-corrected chi connectivity index (χ2v) is 12.0. The van der Waals surface area contributed by atoms with Gasteiger partial charge in [-0.15, -0.1) is 0 Å². The Labute approximate surface area is 233 Å². The van der Waals surface area contributed by atoms with Crippen LogP contribution in [0.25, 0.3) is 0 Å². The molecule has 3 aromatic rings. The number of halogens is 1. The van der Waals surface area contributed by atoms with Crippen LogP contribution in [0.15, 0.2) is 71.6 Å². The minimum Gasteiger partial charge on any atom is -0.494 e. The van der Waals surface area contributed by atoms with E-state index in [1.807, 2.05) is 31.2 Å². The van der Waals surface area contributed by atoms with Crippen molar-refractivity contribution in [2.75, 3.05) is 19.0 Å². The van der Waals surface area contributed by atoms with E-state index in [1.165, 1.54) is 12.1 Å². The Morgan fingerprint density at radius 2 is 1.67 bits per heavy atom. The predicted octanol–water partition coefficient (Wildman–Crippen LogP) is 2.86. The van der Waals surface area contributed by atoms with E-state index in [-0.39, 0.29) is 11.5 Å². The zero-order valence-corrected chi connectivity index (χ0v) is 23.1. The first-order valence-electron chi connectivity index (χ1n) is 12.7. The van der Waals surface area contributed by atoms with Crippen molar-refractivity contribution < 1.29 is 38.3 Å². The Morgan fingerprint density at radius 1 is 0.923 bits per heavy atom. The third-order valence-electron chi connectivity index (χ3n) is 6.78. The molecule has 0 amide bonds. The van der Waals surface area contributed by atoms with Crippen LogP contribution in [-0.4, -0.2) is 72.2 Å². The van der Waals surface area contributed by atoms with Crippen LogP contribution in [0.2, 0.25) is 5.02 Å². The van der Waals surface area contributed by atoms with Gasteiger partial charge in [-0.2, -0.15) is 0 Å². The standard InChI is InChI=1S/C29H33ClO8S/c1-2-37-22-9-6-19(7-10-22)14-21-16-20(8-11-24(21)30)29-28(34)27(33)26(32)25(38-29)17-39(35,36)23-5-3-4-18(15-23)12-13-31/h3-11,15-16,25-29,31-34H,2,12-14,17H2,1H3/t25-,26-,27+,28-,29+/m1/s1. The van der Waals surface area contributed by atoms with Gasteiger partial charge >= 0.3 is 0 Å². The molecule has 4 rings (SSSR count). The minimum atomic E-state index is -3.93. The summed E-state index contributed by atoms with van der Waals surface area (Å²) in [7, 11) is -3.93. The molecule has 1 aliphatic rings. The van der Waals surface area contributed by atoms with Crippen molar-refractivity contribution in [3.05, 3.63) is 94.0 Å². The number of hydrogen-bond acceptors (Lipinski definition) is 8. The monoisotopic (exact) mass is 576 g/mol. The first-order chi connectivity index (χ1) is 18.6. The molecule has 0 radical (unpaired) electrons. The highest BCUT2D eigenvalue weighted by Crippen LogP contribution is 2.35. The molecule has 8 nitrogen and oxygen atoms in total. The van der Waals surface area contributed by atoms with Crippen LogP contribution in [-0.2, 0) is 27.4 Å². The molecule has 1 fully saturated rings. The summed E-state index contributed by atoms with van der Waals surface area (Å²) in [6, 6.07) is 18.8. The van der Waals surface area contributed by atoms with Gasteiger partial charge in [0.05, 0.1) is 17.3 Å². The number of ether oxygens (including phenoxy) is 2. The van der Waals surface area contributed by atoms with Gasteiger partial charge in [0, 0.05) is 11.6 Å². The number of rotatable bonds is 10. The lowest BCUT2D eigenvalue weighted by Crippen LogP contribution is -2.56. The van der Waals surface area contributed by atoms with Gasteiger partial charge in [-0.05, 0) is 72.4 Å². The smallest absolute Gasteiger partial charge is 0.181 e. The molecule has 39 heavy (non-hydrogen) atoms. The lowest BCUT2D eigenvalue weighted by molar-refractivity contribution is -0.218. The number of sulfone groups is 1. The topological polar surface area (TPSA) is 134 Å².